The highest BCUT2D eigenvalue weighted by atomic mass is 16.6. The number of carboxylic acids is 1. The number of fused-ring (bicyclic) bond motifs is 3. The zero-order valence-electron chi connectivity index (χ0n) is 11.4. The van der Waals surface area contributed by atoms with E-state index in [1.54, 1.807) is 24.3 Å². The summed E-state index contributed by atoms with van der Waals surface area (Å²) in [4.78, 5) is 33.4. The third-order valence-corrected chi connectivity index (χ3v) is 3.61. The van der Waals surface area contributed by atoms with Crippen LogP contribution in [0.2, 0.25) is 0 Å². The van der Waals surface area contributed by atoms with E-state index in [2.05, 4.69) is 0 Å². The maximum atomic E-state index is 11.6. The van der Waals surface area contributed by atoms with Crippen molar-refractivity contribution in [2.75, 3.05) is 4.90 Å². The summed E-state index contributed by atoms with van der Waals surface area (Å²) in [6, 6.07) is 8.56. The monoisotopic (exact) mass is 315 g/mol. The number of hydrogen-bond acceptors (Lipinski definition) is 6. The van der Waals surface area contributed by atoms with Crippen molar-refractivity contribution in [1.29, 1.82) is 0 Å². The average molecular weight is 315 g/mol. The van der Waals surface area contributed by atoms with E-state index < -0.39 is 33.2 Å². The fourth-order valence-electron chi connectivity index (χ4n) is 2.62. The van der Waals surface area contributed by atoms with E-state index in [-0.39, 0.29) is 5.69 Å². The van der Waals surface area contributed by atoms with Crippen LogP contribution in [0.5, 0.6) is 0 Å². The molecule has 0 saturated carbocycles. The van der Waals surface area contributed by atoms with Crippen molar-refractivity contribution < 1.29 is 19.7 Å². The molecular formula is C14H9N3O6. The predicted octanol–water partition coefficient (Wildman–Crippen LogP) is 2.78. The zero-order valence-corrected chi connectivity index (χ0v) is 11.4. The third-order valence-electron chi connectivity index (χ3n) is 3.61. The molecule has 9 heteroatoms. The van der Waals surface area contributed by atoms with Gasteiger partial charge in [0.2, 0.25) is 0 Å². The minimum absolute atomic E-state index is 0.00537. The minimum atomic E-state index is -1.17. The van der Waals surface area contributed by atoms with E-state index in [1.807, 2.05) is 0 Å². The Hall–Kier alpha value is -3.49. The van der Waals surface area contributed by atoms with Crippen LogP contribution in [0, 0.1) is 20.2 Å². The van der Waals surface area contributed by atoms with E-state index in [0.29, 0.717) is 11.3 Å². The normalized spacial score (nSPS) is 15.5. The van der Waals surface area contributed by atoms with Gasteiger partial charge in [0.1, 0.15) is 5.69 Å². The molecule has 0 saturated heterocycles. The molecule has 2 aromatic carbocycles. The van der Waals surface area contributed by atoms with Crippen molar-refractivity contribution in [2.24, 2.45) is 0 Å². The lowest BCUT2D eigenvalue weighted by Gasteiger charge is -2.34. The predicted molar refractivity (Wildman–Crippen MR) is 78.7 cm³/mol. The Labute approximate surface area is 128 Å². The molecule has 116 valence electrons. The summed E-state index contributed by atoms with van der Waals surface area (Å²) in [5.74, 6) is -1.17. The van der Waals surface area contributed by atoms with E-state index in [4.69, 9.17) is 0 Å². The molecule has 1 N–H and O–H groups in total. The molecule has 2 bridgehead atoms. The molecule has 1 atom stereocenters. The maximum absolute atomic E-state index is 11.6. The summed E-state index contributed by atoms with van der Waals surface area (Å²) in [5.41, 5.74) is -0.0233. The fraction of sp³-hybridized carbons (Fsp3) is 0.0714. The number of anilines is 2. The first-order chi connectivity index (χ1) is 10.9. The summed E-state index contributed by atoms with van der Waals surface area (Å²) in [7, 11) is 0. The first-order valence-electron chi connectivity index (χ1n) is 6.45. The number of nitro groups is 2. The average Bonchev–Trinajstić information content (AvgIpc) is 2.54. The number of benzene rings is 2. The number of aliphatic carboxylic acids is 1. The molecule has 0 aromatic heterocycles. The van der Waals surface area contributed by atoms with Crippen LogP contribution < -0.4 is 4.90 Å². The molecule has 2 heterocycles. The zero-order chi connectivity index (χ0) is 16.7. The Morgan fingerprint density at radius 3 is 2.22 bits per heavy atom. The van der Waals surface area contributed by atoms with Crippen molar-refractivity contribution >= 4 is 28.7 Å². The van der Waals surface area contributed by atoms with E-state index in [9.17, 15) is 30.1 Å². The van der Waals surface area contributed by atoms with Gasteiger partial charge in [-0.3, -0.25) is 20.2 Å². The van der Waals surface area contributed by atoms with Crippen LogP contribution in [0.1, 0.15) is 11.6 Å². The first-order valence-corrected chi connectivity index (χ1v) is 6.45. The molecular weight excluding hydrogens is 306 g/mol. The molecule has 2 aromatic rings. The number of carboxylic acid groups (broad SMARTS) is 1. The highest BCUT2D eigenvalue weighted by molar-refractivity contribution is 5.88. The van der Waals surface area contributed by atoms with Crippen molar-refractivity contribution in [3.05, 3.63) is 68.3 Å². The second-order valence-corrected chi connectivity index (χ2v) is 4.89. The van der Waals surface area contributed by atoms with Gasteiger partial charge in [-0.1, -0.05) is 12.1 Å². The van der Waals surface area contributed by atoms with Crippen LogP contribution in [0.15, 0.2) is 42.5 Å². The largest absolute Gasteiger partial charge is 0.479 e. The molecule has 2 aliphatic rings. The molecule has 0 radical (unpaired) electrons. The van der Waals surface area contributed by atoms with Gasteiger partial charge in [0.15, 0.2) is 6.04 Å². The smallest absolute Gasteiger partial charge is 0.331 e. The lowest BCUT2D eigenvalue weighted by molar-refractivity contribution is -0.393. The standard InChI is InChI=1S/C14H9N3O6/c18-14(19)13-8-1-3-9(4-2-8)15(13)11-6-5-10(16(20)21)7-12(11)17(22)23/h1-7,13H,(H,18,19). The lowest BCUT2D eigenvalue weighted by atomic mass is 9.97. The summed E-state index contributed by atoms with van der Waals surface area (Å²) in [5, 5.41) is 31.5. The van der Waals surface area contributed by atoms with Gasteiger partial charge in [-0.15, -0.1) is 0 Å². The van der Waals surface area contributed by atoms with Gasteiger partial charge >= 0.3 is 5.97 Å². The minimum Gasteiger partial charge on any atom is -0.479 e. The molecule has 4 rings (SSSR count). The Kier molecular flexibility index (Phi) is 3.17. The highest BCUT2D eigenvalue weighted by Crippen LogP contribution is 2.44. The van der Waals surface area contributed by atoms with Crippen LogP contribution in [0.3, 0.4) is 0 Å². The Morgan fingerprint density at radius 1 is 1.04 bits per heavy atom. The number of non-ortho nitro benzene ring substituents is 1. The number of rotatable bonds is 4. The van der Waals surface area contributed by atoms with E-state index in [0.717, 1.165) is 12.1 Å². The summed E-state index contributed by atoms with van der Waals surface area (Å²) >= 11 is 0. The van der Waals surface area contributed by atoms with Crippen molar-refractivity contribution in [3.63, 3.8) is 0 Å². The molecule has 0 aliphatic carbocycles. The van der Waals surface area contributed by atoms with Crippen LogP contribution in [-0.4, -0.2) is 20.9 Å². The van der Waals surface area contributed by atoms with Gasteiger partial charge in [-0.2, -0.15) is 0 Å². The second-order valence-electron chi connectivity index (χ2n) is 4.89. The molecule has 0 spiro atoms. The number of hydrogen-bond donors (Lipinski definition) is 1. The number of carbonyl (C=O) groups is 1. The Morgan fingerprint density at radius 2 is 1.70 bits per heavy atom. The molecule has 0 fully saturated rings. The Bertz CT molecular complexity index is 833. The third kappa shape index (κ3) is 2.24. The van der Waals surface area contributed by atoms with Gasteiger partial charge in [-0.25, -0.2) is 4.79 Å². The van der Waals surface area contributed by atoms with Gasteiger partial charge in [0, 0.05) is 11.8 Å². The van der Waals surface area contributed by atoms with Gasteiger partial charge in [-0.05, 0) is 23.8 Å². The molecule has 0 amide bonds. The lowest BCUT2D eigenvalue weighted by Crippen LogP contribution is -2.33. The van der Waals surface area contributed by atoms with Gasteiger partial charge in [0.05, 0.1) is 15.9 Å². The van der Waals surface area contributed by atoms with Crippen LogP contribution in [0.4, 0.5) is 22.7 Å². The molecule has 2 aliphatic heterocycles. The molecule has 9 nitrogen and oxygen atoms in total. The fourth-order valence-corrected chi connectivity index (χ4v) is 2.62. The van der Waals surface area contributed by atoms with Crippen molar-refractivity contribution in [1.82, 2.24) is 0 Å². The molecule has 1 unspecified atom stereocenters. The Balaban J connectivity index is 2.20. The maximum Gasteiger partial charge on any atom is 0.331 e. The van der Waals surface area contributed by atoms with E-state index >= 15 is 0 Å². The van der Waals surface area contributed by atoms with Crippen LogP contribution >= 0.6 is 0 Å². The summed E-state index contributed by atoms with van der Waals surface area (Å²) in [6.45, 7) is 0. The van der Waals surface area contributed by atoms with Crippen LogP contribution in [-0.2, 0) is 4.79 Å². The van der Waals surface area contributed by atoms with Crippen molar-refractivity contribution in [3.8, 4) is 0 Å². The second kappa shape index (κ2) is 5.05. The topological polar surface area (TPSA) is 127 Å². The van der Waals surface area contributed by atoms with Gasteiger partial charge < -0.3 is 10.0 Å². The van der Waals surface area contributed by atoms with E-state index in [1.165, 1.54) is 11.0 Å². The highest BCUT2D eigenvalue weighted by Gasteiger charge is 2.36. The van der Waals surface area contributed by atoms with Gasteiger partial charge in [0.25, 0.3) is 11.4 Å². The SMILES string of the molecule is O=C(O)C1c2ccc(cc2)N1c1ccc([N+](=O)[O-])cc1[N+](=O)[O-]. The number of nitrogens with zero attached hydrogens (tertiary/aromatic N) is 3. The first kappa shape index (κ1) is 14.4. The molecule has 23 heavy (non-hydrogen) atoms. The quantitative estimate of drug-likeness (QED) is 0.678. The summed E-state index contributed by atoms with van der Waals surface area (Å²) < 4.78 is 0. The summed E-state index contributed by atoms with van der Waals surface area (Å²) in [6.07, 6.45) is 0. The number of nitro benzene ring substituents is 2. The van der Waals surface area contributed by atoms with Crippen LogP contribution in [0.25, 0.3) is 0 Å². The van der Waals surface area contributed by atoms with Crippen molar-refractivity contribution in [2.45, 2.75) is 6.04 Å².